The molecule has 0 aromatic heterocycles. The maximum Gasteiger partial charge on any atom is 0.394 e. The van der Waals surface area contributed by atoms with Gasteiger partial charge in [0.05, 0.1) is 7.11 Å². The zero-order valence-electron chi connectivity index (χ0n) is 9.44. The molecule has 5 nitrogen and oxygen atoms in total. The fraction of sp³-hybridized carbons (Fsp3) is 0.273. The van der Waals surface area contributed by atoms with Crippen LogP contribution < -0.4 is 4.74 Å². The lowest BCUT2D eigenvalue weighted by Crippen LogP contribution is -2.32. The van der Waals surface area contributed by atoms with Gasteiger partial charge in [-0.25, -0.2) is 4.79 Å². The highest BCUT2D eigenvalue weighted by atomic mass is 35.5. The maximum atomic E-state index is 11.2. The second kappa shape index (κ2) is 5.54. The van der Waals surface area contributed by atoms with Gasteiger partial charge >= 0.3 is 11.9 Å². The molecule has 0 aliphatic carbocycles. The number of hydrogen-bond donors (Lipinski definition) is 1. The molecule has 0 aliphatic heterocycles. The molecule has 1 amide bonds. The molecule has 92 valence electrons. The molecule has 17 heavy (non-hydrogen) atoms. The van der Waals surface area contributed by atoms with E-state index in [2.05, 4.69) is 0 Å². The van der Waals surface area contributed by atoms with Crippen molar-refractivity contribution in [2.24, 2.45) is 0 Å². The van der Waals surface area contributed by atoms with Crippen molar-refractivity contribution in [3.63, 3.8) is 0 Å². The number of likely N-dealkylation sites (N-methyl/N-ethyl adjacent to an activating group) is 1. The number of aliphatic carboxylic acids is 1. The zero-order valence-corrected chi connectivity index (χ0v) is 10.2. The molecule has 0 fully saturated rings. The van der Waals surface area contributed by atoms with Gasteiger partial charge in [-0.2, -0.15) is 0 Å². The average Bonchev–Trinajstić information content (AvgIpc) is 2.28. The van der Waals surface area contributed by atoms with Crippen LogP contribution in [0.3, 0.4) is 0 Å². The van der Waals surface area contributed by atoms with Crippen molar-refractivity contribution in [3.05, 3.63) is 28.8 Å². The third-order valence-corrected chi connectivity index (χ3v) is 2.41. The Kier molecular flexibility index (Phi) is 4.34. The molecule has 0 bridgehead atoms. The zero-order chi connectivity index (χ0) is 13.0. The summed E-state index contributed by atoms with van der Waals surface area (Å²) in [7, 11) is 2.89. The number of rotatable bonds is 3. The molecule has 0 unspecified atom stereocenters. The molecule has 0 atom stereocenters. The van der Waals surface area contributed by atoms with E-state index >= 15 is 0 Å². The summed E-state index contributed by atoms with van der Waals surface area (Å²) in [6.07, 6.45) is 0. The summed E-state index contributed by atoms with van der Waals surface area (Å²) in [5.74, 6) is -1.92. The molecule has 6 heteroatoms. The SMILES string of the molecule is COc1ccc(Cl)cc1CN(C)C(=O)C(=O)O. The summed E-state index contributed by atoms with van der Waals surface area (Å²) in [6, 6.07) is 4.95. The first kappa shape index (κ1) is 13.3. The van der Waals surface area contributed by atoms with Crippen LogP contribution in [0.15, 0.2) is 18.2 Å². The third kappa shape index (κ3) is 3.35. The Morgan fingerprint density at radius 2 is 2.12 bits per heavy atom. The number of carbonyl (C=O) groups excluding carboxylic acids is 1. The second-order valence-electron chi connectivity index (χ2n) is 3.42. The monoisotopic (exact) mass is 257 g/mol. The minimum absolute atomic E-state index is 0.120. The highest BCUT2D eigenvalue weighted by Crippen LogP contribution is 2.23. The predicted octanol–water partition coefficient (Wildman–Crippen LogP) is 1.39. The van der Waals surface area contributed by atoms with E-state index in [1.165, 1.54) is 14.2 Å². The Morgan fingerprint density at radius 3 is 2.65 bits per heavy atom. The predicted molar refractivity (Wildman–Crippen MR) is 62.1 cm³/mol. The topological polar surface area (TPSA) is 66.8 Å². The number of amides is 1. The Hall–Kier alpha value is -1.75. The molecule has 1 N–H and O–H groups in total. The lowest BCUT2D eigenvalue weighted by molar-refractivity contribution is -0.155. The molecule has 0 saturated heterocycles. The van der Waals surface area contributed by atoms with Gasteiger partial charge in [0, 0.05) is 24.2 Å². The molecule has 0 heterocycles. The van der Waals surface area contributed by atoms with Crippen LogP contribution in [0.1, 0.15) is 5.56 Å². The Balaban J connectivity index is 2.90. The minimum Gasteiger partial charge on any atom is -0.496 e. The Morgan fingerprint density at radius 1 is 1.47 bits per heavy atom. The fourth-order valence-electron chi connectivity index (χ4n) is 1.36. The van der Waals surface area contributed by atoms with Gasteiger partial charge in [0.1, 0.15) is 5.75 Å². The molecule has 1 rings (SSSR count). The lowest BCUT2D eigenvalue weighted by Gasteiger charge is -2.16. The lowest BCUT2D eigenvalue weighted by atomic mass is 10.2. The quantitative estimate of drug-likeness (QED) is 0.831. The fourth-order valence-corrected chi connectivity index (χ4v) is 1.56. The number of methoxy groups -OCH3 is 1. The summed E-state index contributed by atoms with van der Waals surface area (Å²) >= 11 is 5.82. The molecular formula is C11H12ClNO4. The average molecular weight is 258 g/mol. The third-order valence-electron chi connectivity index (χ3n) is 2.18. The van der Waals surface area contributed by atoms with Crippen molar-refractivity contribution >= 4 is 23.5 Å². The Labute approximate surface area is 104 Å². The van der Waals surface area contributed by atoms with Crippen LogP contribution in [0.25, 0.3) is 0 Å². The van der Waals surface area contributed by atoms with Gasteiger partial charge in [0.2, 0.25) is 0 Å². The van der Waals surface area contributed by atoms with E-state index in [0.717, 1.165) is 4.90 Å². The first-order valence-corrected chi connectivity index (χ1v) is 5.14. The summed E-state index contributed by atoms with van der Waals surface area (Å²) in [5, 5.41) is 9.06. The van der Waals surface area contributed by atoms with Crippen molar-refractivity contribution in [1.29, 1.82) is 0 Å². The molecule has 1 aromatic carbocycles. The van der Waals surface area contributed by atoms with Crippen molar-refractivity contribution in [1.82, 2.24) is 4.90 Å². The van der Waals surface area contributed by atoms with E-state index in [1.54, 1.807) is 18.2 Å². The van der Waals surface area contributed by atoms with Crippen LogP contribution in [0.2, 0.25) is 5.02 Å². The molecule has 0 aliphatic rings. The number of ether oxygens (including phenoxy) is 1. The van der Waals surface area contributed by atoms with Crippen molar-refractivity contribution < 1.29 is 19.4 Å². The standard InChI is InChI=1S/C11H12ClNO4/c1-13(10(14)11(15)16)6-7-5-8(12)3-4-9(7)17-2/h3-5H,6H2,1-2H3,(H,15,16). The van der Waals surface area contributed by atoms with Crippen molar-refractivity contribution in [2.45, 2.75) is 6.54 Å². The number of carbonyl (C=O) groups is 2. The maximum absolute atomic E-state index is 11.2. The number of halogens is 1. The van der Waals surface area contributed by atoms with Gasteiger partial charge < -0.3 is 14.7 Å². The van der Waals surface area contributed by atoms with Gasteiger partial charge in [0.25, 0.3) is 0 Å². The number of carboxylic acids is 1. The molecule has 0 saturated carbocycles. The van der Waals surface area contributed by atoms with Gasteiger partial charge in [-0.3, -0.25) is 4.79 Å². The number of nitrogens with zero attached hydrogens (tertiary/aromatic N) is 1. The minimum atomic E-state index is -1.49. The van der Waals surface area contributed by atoms with E-state index in [9.17, 15) is 9.59 Å². The van der Waals surface area contributed by atoms with Gasteiger partial charge in [-0.15, -0.1) is 0 Å². The normalized spacial score (nSPS) is 9.82. The summed E-state index contributed by atoms with van der Waals surface area (Å²) in [5.41, 5.74) is 0.650. The number of hydrogen-bond acceptors (Lipinski definition) is 3. The van der Waals surface area contributed by atoms with Crippen LogP contribution in [0.5, 0.6) is 5.75 Å². The highest BCUT2D eigenvalue weighted by molar-refractivity contribution is 6.31. The van der Waals surface area contributed by atoms with Crippen molar-refractivity contribution in [2.75, 3.05) is 14.2 Å². The smallest absolute Gasteiger partial charge is 0.394 e. The van der Waals surface area contributed by atoms with Crippen LogP contribution >= 0.6 is 11.6 Å². The van der Waals surface area contributed by atoms with Gasteiger partial charge in [-0.1, -0.05) is 11.6 Å². The molecular weight excluding hydrogens is 246 g/mol. The number of carboxylic acid groups (broad SMARTS) is 1. The van der Waals surface area contributed by atoms with Gasteiger partial charge in [0.15, 0.2) is 0 Å². The first-order valence-electron chi connectivity index (χ1n) is 4.76. The van der Waals surface area contributed by atoms with Gasteiger partial charge in [-0.05, 0) is 18.2 Å². The van der Waals surface area contributed by atoms with Crippen molar-refractivity contribution in [3.8, 4) is 5.75 Å². The van der Waals surface area contributed by atoms with Crippen LogP contribution in [0.4, 0.5) is 0 Å². The highest BCUT2D eigenvalue weighted by Gasteiger charge is 2.18. The van der Waals surface area contributed by atoms with E-state index in [1.807, 2.05) is 0 Å². The van der Waals surface area contributed by atoms with E-state index in [-0.39, 0.29) is 6.54 Å². The number of benzene rings is 1. The summed E-state index contributed by atoms with van der Waals surface area (Å²) in [6.45, 7) is 0.120. The van der Waals surface area contributed by atoms with E-state index in [4.69, 9.17) is 21.4 Å². The largest absolute Gasteiger partial charge is 0.496 e. The first-order chi connectivity index (χ1) is 7.95. The molecule has 1 aromatic rings. The molecule has 0 radical (unpaired) electrons. The Bertz CT molecular complexity index is 447. The second-order valence-corrected chi connectivity index (χ2v) is 3.86. The summed E-state index contributed by atoms with van der Waals surface area (Å²) in [4.78, 5) is 22.8. The van der Waals surface area contributed by atoms with E-state index < -0.39 is 11.9 Å². The van der Waals surface area contributed by atoms with E-state index in [0.29, 0.717) is 16.3 Å². The van der Waals surface area contributed by atoms with Crippen LogP contribution in [0, 0.1) is 0 Å². The molecule has 0 spiro atoms. The summed E-state index contributed by atoms with van der Waals surface area (Å²) < 4.78 is 5.10. The van der Waals surface area contributed by atoms with Crippen LogP contribution in [-0.2, 0) is 16.1 Å². The van der Waals surface area contributed by atoms with Crippen LogP contribution in [-0.4, -0.2) is 36.0 Å².